The van der Waals surface area contributed by atoms with Crippen molar-refractivity contribution in [1.82, 2.24) is 4.31 Å². The van der Waals surface area contributed by atoms with Gasteiger partial charge in [-0.2, -0.15) is 4.31 Å². The minimum absolute atomic E-state index is 0. The summed E-state index contributed by atoms with van der Waals surface area (Å²) in [5, 5.41) is 2.54. The summed E-state index contributed by atoms with van der Waals surface area (Å²) in [4.78, 5) is 11.5. The molecular formula is C10H16ClN3O3S. The maximum atomic E-state index is 11.5. The Labute approximate surface area is 113 Å². The van der Waals surface area contributed by atoms with Gasteiger partial charge >= 0.3 is 0 Å². The molecule has 0 saturated carbocycles. The van der Waals surface area contributed by atoms with Gasteiger partial charge in [0.2, 0.25) is 15.9 Å². The summed E-state index contributed by atoms with van der Waals surface area (Å²) >= 11 is 0. The number of carbonyl (C=O) groups is 1. The topological polar surface area (TPSA) is 92.5 Å². The SMILES string of the molecule is CN(CC(=O)Nc1ccccc1N)S(C)(=O)=O.Cl. The van der Waals surface area contributed by atoms with Crippen molar-refractivity contribution in [2.45, 2.75) is 0 Å². The fourth-order valence-corrected chi connectivity index (χ4v) is 1.47. The van der Waals surface area contributed by atoms with Crippen LogP contribution in [0.2, 0.25) is 0 Å². The van der Waals surface area contributed by atoms with Crippen molar-refractivity contribution in [3.63, 3.8) is 0 Å². The highest BCUT2D eigenvalue weighted by molar-refractivity contribution is 7.88. The Morgan fingerprint density at radius 3 is 2.44 bits per heavy atom. The van der Waals surface area contributed by atoms with Crippen LogP contribution in [0.25, 0.3) is 0 Å². The average Bonchev–Trinajstić information content (AvgIpc) is 2.20. The predicted octanol–water partition coefficient (Wildman–Crippen LogP) is 0.520. The summed E-state index contributed by atoms with van der Waals surface area (Å²) in [6.45, 7) is -0.243. The highest BCUT2D eigenvalue weighted by Gasteiger charge is 2.15. The van der Waals surface area contributed by atoms with Crippen LogP contribution in [-0.4, -0.2) is 38.5 Å². The smallest absolute Gasteiger partial charge is 0.239 e. The van der Waals surface area contributed by atoms with Crippen molar-refractivity contribution in [3.05, 3.63) is 24.3 Å². The summed E-state index contributed by atoms with van der Waals surface area (Å²) in [6, 6.07) is 6.77. The molecule has 0 aliphatic rings. The van der Waals surface area contributed by atoms with E-state index in [1.807, 2.05) is 0 Å². The summed E-state index contributed by atoms with van der Waals surface area (Å²) in [7, 11) is -2.02. The van der Waals surface area contributed by atoms with E-state index in [-0.39, 0.29) is 19.0 Å². The Morgan fingerprint density at radius 2 is 1.94 bits per heavy atom. The first kappa shape index (κ1) is 16.7. The van der Waals surface area contributed by atoms with E-state index in [1.54, 1.807) is 24.3 Å². The standard InChI is InChI=1S/C10H15N3O3S.ClH/c1-13(17(2,15)16)7-10(14)12-9-6-4-3-5-8(9)11;/h3-6H,7,11H2,1-2H3,(H,12,14);1H. The molecule has 8 heteroatoms. The first-order valence-corrected chi connectivity index (χ1v) is 6.71. The molecule has 0 aliphatic heterocycles. The zero-order chi connectivity index (χ0) is 13.1. The summed E-state index contributed by atoms with van der Waals surface area (Å²) in [5.41, 5.74) is 6.54. The number of nitrogen functional groups attached to an aromatic ring is 1. The van der Waals surface area contributed by atoms with Gasteiger partial charge in [-0.25, -0.2) is 8.42 Å². The molecule has 0 radical (unpaired) electrons. The number of benzene rings is 1. The molecule has 0 aromatic heterocycles. The summed E-state index contributed by atoms with van der Waals surface area (Å²) in [5.74, 6) is -0.434. The Morgan fingerprint density at radius 1 is 1.39 bits per heavy atom. The second-order valence-electron chi connectivity index (χ2n) is 3.65. The molecule has 1 rings (SSSR count). The van der Waals surface area contributed by atoms with Crippen LogP contribution in [0.4, 0.5) is 11.4 Å². The lowest BCUT2D eigenvalue weighted by atomic mass is 10.2. The van der Waals surface area contributed by atoms with Crippen LogP contribution in [0.15, 0.2) is 24.3 Å². The first-order chi connectivity index (χ1) is 7.80. The van der Waals surface area contributed by atoms with Crippen molar-refractivity contribution in [3.8, 4) is 0 Å². The number of halogens is 1. The molecule has 0 spiro atoms. The van der Waals surface area contributed by atoms with E-state index >= 15 is 0 Å². The second-order valence-corrected chi connectivity index (χ2v) is 5.74. The third-order valence-electron chi connectivity index (χ3n) is 2.17. The molecule has 0 atom stereocenters. The molecule has 0 unspecified atom stereocenters. The average molecular weight is 294 g/mol. The van der Waals surface area contributed by atoms with Gasteiger partial charge in [-0.05, 0) is 12.1 Å². The zero-order valence-electron chi connectivity index (χ0n) is 10.1. The largest absolute Gasteiger partial charge is 0.397 e. The van der Waals surface area contributed by atoms with Gasteiger partial charge in [-0.15, -0.1) is 12.4 Å². The van der Waals surface area contributed by atoms with E-state index in [1.165, 1.54) is 7.05 Å². The molecule has 0 bridgehead atoms. The van der Waals surface area contributed by atoms with Crippen molar-refractivity contribution in [2.24, 2.45) is 0 Å². The van der Waals surface area contributed by atoms with Gasteiger partial charge in [-0.1, -0.05) is 12.1 Å². The van der Waals surface area contributed by atoms with E-state index in [2.05, 4.69) is 5.32 Å². The number of likely N-dealkylation sites (N-methyl/N-ethyl adjacent to an activating group) is 1. The summed E-state index contributed by atoms with van der Waals surface area (Å²) in [6.07, 6.45) is 1.04. The maximum absolute atomic E-state index is 11.5. The Hall–Kier alpha value is -1.31. The molecule has 1 aromatic carbocycles. The molecule has 6 nitrogen and oxygen atoms in total. The monoisotopic (exact) mass is 293 g/mol. The molecule has 3 N–H and O–H groups in total. The second kappa shape index (κ2) is 6.58. The van der Waals surface area contributed by atoms with Gasteiger partial charge < -0.3 is 11.1 Å². The number of nitrogens with two attached hydrogens (primary N) is 1. The molecule has 0 saturated heterocycles. The van der Waals surface area contributed by atoms with Gasteiger partial charge in [-0.3, -0.25) is 4.79 Å². The molecule has 1 amide bonds. The fourth-order valence-electron chi connectivity index (χ4n) is 1.12. The highest BCUT2D eigenvalue weighted by atomic mass is 35.5. The first-order valence-electron chi connectivity index (χ1n) is 4.86. The van der Waals surface area contributed by atoms with Crippen LogP contribution in [0.5, 0.6) is 0 Å². The number of amides is 1. The van der Waals surface area contributed by atoms with E-state index in [0.29, 0.717) is 11.4 Å². The Bertz CT molecular complexity index is 519. The Kier molecular flexibility index (Phi) is 6.10. The van der Waals surface area contributed by atoms with Crippen molar-refractivity contribution >= 4 is 39.7 Å². The predicted molar refractivity (Wildman–Crippen MR) is 74.2 cm³/mol. The van der Waals surface area contributed by atoms with Crippen LogP contribution in [0.1, 0.15) is 0 Å². The number of rotatable bonds is 4. The molecule has 102 valence electrons. The van der Waals surface area contributed by atoms with Gasteiger partial charge in [0.1, 0.15) is 0 Å². The molecule has 18 heavy (non-hydrogen) atoms. The molecular weight excluding hydrogens is 278 g/mol. The number of nitrogens with zero attached hydrogens (tertiary/aromatic N) is 1. The number of anilines is 2. The fraction of sp³-hybridized carbons (Fsp3) is 0.300. The lowest BCUT2D eigenvalue weighted by Crippen LogP contribution is -2.34. The lowest BCUT2D eigenvalue weighted by Gasteiger charge is -2.14. The Balaban J connectivity index is 0.00000289. The van der Waals surface area contributed by atoms with Gasteiger partial charge in [0.25, 0.3) is 0 Å². The van der Waals surface area contributed by atoms with E-state index in [4.69, 9.17) is 5.73 Å². The zero-order valence-corrected chi connectivity index (χ0v) is 11.7. The molecule has 0 aliphatic carbocycles. The highest BCUT2D eigenvalue weighted by Crippen LogP contribution is 2.16. The molecule has 0 heterocycles. The van der Waals surface area contributed by atoms with Crippen LogP contribution in [-0.2, 0) is 14.8 Å². The van der Waals surface area contributed by atoms with Crippen molar-refractivity contribution in [2.75, 3.05) is 30.9 Å². The molecule has 1 aromatic rings. The number of para-hydroxylation sites is 2. The third kappa shape index (κ3) is 4.91. The van der Waals surface area contributed by atoms with E-state index in [9.17, 15) is 13.2 Å². The van der Waals surface area contributed by atoms with Gasteiger partial charge in [0.05, 0.1) is 24.2 Å². The van der Waals surface area contributed by atoms with Crippen LogP contribution < -0.4 is 11.1 Å². The molecule has 0 fully saturated rings. The van der Waals surface area contributed by atoms with Crippen LogP contribution in [0.3, 0.4) is 0 Å². The quantitative estimate of drug-likeness (QED) is 0.792. The van der Waals surface area contributed by atoms with Crippen molar-refractivity contribution in [1.29, 1.82) is 0 Å². The third-order valence-corrected chi connectivity index (χ3v) is 3.43. The number of carbonyl (C=O) groups excluding carboxylic acids is 1. The lowest BCUT2D eigenvalue weighted by molar-refractivity contribution is -0.116. The van der Waals surface area contributed by atoms with Gasteiger partial charge in [0.15, 0.2) is 0 Å². The van der Waals surface area contributed by atoms with E-state index in [0.717, 1.165) is 10.6 Å². The van der Waals surface area contributed by atoms with E-state index < -0.39 is 15.9 Å². The number of sulfonamides is 1. The maximum Gasteiger partial charge on any atom is 0.239 e. The number of hydrogen-bond acceptors (Lipinski definition) is 4. The van der Waals surface area contributed by atoms with Crippen LogP contribution >= 0.6 is 12.4 Å². The normalized spacial score (nSPS) is 10.8. The number of nitrogens with one attached hydrogen (secondary N) is 1. The summed E-state index contributed by atoms with van der Waals surface area (Å²) < 4.78 is 23.2. The van der Waals surface area contributed by atoms with Crippen LogP contribution in [0, 0.1) is 0 Å². The van der Waals surface area contributed by atoms with Gasteiger partial charge in [0, 0.05) is 7.05 Å². The minimum atomic E-state index is -3.36. The van der Waals surface area contributed by atoms with Crippen molar-refractivity contribution < 1.29 is 13.2 Å². The minimum Gasteiger partial charge on any atom is -0.397 e. The number of hydrogen-bond donors (Lipinski definition) is 2.